The number of hydrogen-bond donors (Lipinski definition) is 0. The van der Waals surface area contributed by atoms with E-state index < -0.39 is 0 Å². The van der Waals surface area contributed by atoms with Gasteiger partial charge in [0.2, 0.25) is 0 Å². The minimum Gasteiger partial charge on any atom is -0.144 e. The lowest BCUT2D eigenvalue weighted by Gasteiger charge is -1.84. The van der Waals surface area contributed by atoms with Crippen LogP contribution in [0.2, 0.25) is 0 Å². The van der Waals surface area contributed by atoms with Crippen LogP contribution in [0.3, 0.4) is 0 Å². The molecule has 1 rings (SSSR count). The Labute approximate surface area is 62.0 Å². The van der Waals surface area contributed by atoms with Crippen molar-refractivity contribution in [1.82, 2.24) is 0 Å². The third-order valence-corrected chi connectivity index (χ3v) is 1.07. The van der Waals surface area contributed by atoms with E-state index >= 15 is 0 Å². The molecule has 0 amide bonds. The normalized spacial score (nSPS) is 10.3. The van der Waals surface area contributed by atoms with Crippen LogP contribution in [-0.2, 0) is 0 Å². The molecule has 1 aromatic carbocycles. The molecule has 46 valence electrons. The van der Waals surface area contributed by atoms with Crippen LogP contribution in [0.15, 0.2) is 39.6 Å². The predicted molar refractivity (Wildman–Crippen MR) is 39.9 cm³/mol. The smallest absolute Gasteiger partial charge is 0.100 e. The predicted octanol–water partition coefficient (Wildman–Crippen LogP) is 3.08. The van der Waals surface area contributed by atoms with E-state index in [2.05, 4.69) is 25.4 Å². The monoisotopic (exact) mass is 184 g/mol. The van der Waals surface area contributed by atoms with E-state index in [1.54, 1.807) is 0 Å². The molecule has 0 atom stereocenters. The number of rotatable bonds is 1. The van der Waals surface area contributed by atoms with Crippen molar-refractivity contribution in [2.75, 3.05) is 0 Å². The Morgan fingerprint density at radius 1 is 1.11 bits per heavy atom. The first-order chi connectivity index (χ1) is 4.43. The van der Waals surface area contributed by atoms with E-state index in [-0.39, 0.29) is 0 Å². The van der Waals surface area contributed by atoms with E-state index in [1.165, 1.54) is 0 Å². The highest BCUT2D eigenvalue weighted by molar-refractivity contribution is 9.08. The molecule has 1 aromatic rings. The Kier molecular flexibility index (Phi) is 2.39. The molecule has 0 aliphatic rings. The summed E-state index contributed by atoms with van der Waals surface area (Å²) in [5.41, 5.74) is 0.856. The zero-order valence-electron chi connectivity index (χ0n) is 4.66. The largest absolute Gasteiger partial charge is 0.144 e. The Bertz CT molecular complexity index is 195. The van der Waals surface area contributed by atoms with Crippen molar-refractivity contribution in [1.29, 1.82) is 0 Å². The Hall–Kier alpha value is -0.700. The number of nitrogens with zero attached hydrogens (tertiary/aromatic N) is 2. The van der Waals surface area contributed by atoms with E-state index in [4.69, 9.17) is 0 Å². The molecule has 0 radical (unpaired) electrons. The summed E-state index contributed by atoms with van der Waals surface area (Å²) in [6.45, 7) is 0. The lowest BCUT2D eigenvalue weighted by Crippen LogP contribution is -1.57. The number of halogens is 1. The molecule has 9 heavy (non-hydrogen) atoms. The summed E-state index contributed by atoms with van der Waals surface area (Å²) in [6, 6.07) is 9.52. The van der Waals surface area contributed by atoms with E-state index in [1.807, 2.05) is 30.3 Å². The average Bonchev–Trinajstić information content (AvgIpc) is 1.91. The second-order valence-corrected chi connectivity index (χ2v) is 1.83. The molecule has 0 bridgehead atoms. The minimum absolute atomic E-state index is 0.856. The first-order valence-electron chi connectivity index (χ1n) is 2.50. The Morgan fingerprint density at radius 3 is 2.33 bits per heavy atom. The second-order valence-electron chi connectivity index (χ2n) is 1.51. The topological polar surface area (TPSA) is 24.7 Å². The number of hydrogen-bond acceptors (Lipinski definition) is 2. The van der Waals surface area contributed by atoms with Crippen LogP contribution in [0, 0.1) is 0 Å². The fourth-order valence-electron chi connectivity index (χ4n) is 0.538. The fourth-order valence-corrected chi connectivity index (χ4v) is 0.721. The fraction of sp³-hybridized carbons (Fsp3) is 0. The summed E-state index contributed by atoms with van der Waals surface area (Å²) in [6.07, 6.45) is 0. The van der Waals surface area contributed by atoms with Gasteiger partial charge in [-0.05, 0) is 12.1 Å². The highest BCUT2D eigenvalue weighted by Crippen LogP contribution is 2.10. The SMILES string of the molecule is Br/N=N/c1ccccc1. The third-order valence-electron chi connectivity index (χ3n) is 0.909. The van der Waals surface area contributed by atoms with Crippen molar-refractivity contribution in [2.45, 2.75) is 0 Å². The summed E-state index contributed by atoms with van der Waals surface area (Å²) in [4.78, 5) is 0. The summed E-state index contributed by atoms with van der Waals surface area (Å²) in [5.74, 6) is 0. The second kappa shape index (κ2) is 3.35. The lowest BCUT2D eigenvalue weighted by atomic mass is 10.3. The standard InChI is InChI=1S/C6H5BrN2/c7-9-8-6-4-2-1-3-5-6/h1-5H/b9-8+. The van der Waals surface area contributed by atoms with Crippen LogP contribution in [0.25, 0.3) is 0 Å². The molecule has 0 spiro atoms. The van der Waals surface area contributed by atoms with Gasteiger partial charge in [-0.1, -0.05) is 18.2 Å². The third kappa shape index (κ3) is 1.93. The van der Waals surface area contributed by atoms with Gasteiger partial charge in [0.25, 0.3) is 0 Å². The Morgan fingerprint density at radius 2 is 1.78 bits per heavy atom. The highest BCUT2D eigenvalue weighted by Gasteiger charge is 1.80. The maximum atomic E-state index is 3.75. The van der Waals surface area contributed by atoms with Crippen LogP contribution in [0.5, 0.6) is 0 Å². The van der Waals surface area contributed by atoms with Crippen molar-refractivity contribution >= 4 is 21.8 Å². The van der Waals surface area contributed by atoms with Crippen molar-refractivity contribution in [3.8, 4) is 0 Å². The molecule has 0 saturated carbocycles. The maximum absolute atomic E-state index is 3.75. The van der Waals surface area contributed by atoms with Gasteiger partial charge < -0.3 is 0 Å². The van der Waals surface area contributed by atoms with Gasteiger partial charge in [0.05, 0.1) is 5.69 Å². The maximum Gasteiger partial charge on any atom is 0.100 e. The van der Waals surface area contributed by atoms with Crippen LogP contribution in [0.4, 0.5) is 5.69 Å². The van der Waals surface area contributed by atoms with Gasteiger partial charge in [0.1, 0.15) is 16.1 Å². The molecular formula is C6H5BrN2. The van der Waals surface area contributed by atoms with Gasteiger partial charge in [-0.3, -0.25) is 0 Å². The molecule has 0 aliphatic heterocycles. The molecule has 0 fully saturated rings. The van der Waals surface area contributed by atoms with E-state index in [0.717, 1.165) is 5.69 Å². The van der Waals surface area contributed by atoms with Gasteiger partial charge in [0.15, 0.2) is 0 Å². The van der Waals surface area contributed by atoms with Crippen molar-refractivity contribution in [2.24, 2.45) is 9.25 Å². The van der Waals surface area contributed by atoms with Gasteiger partial charge >= 0.3 is 0 Å². The summed E-state index contributed by atoms with van der Waals surface area (Å²) in [7, 11) is 0. The summed E-state index contributed by atoms with van der Waals surface area (Å²) >= 11 is 2.84. The van der Waals surface area contributed by atoms with Crippen molar-refractivity contribution in [3.63, 3.8) is 0 Å². The molecule has 0 saturated heterocycles. The van der Waals surface area contributed by atoms with E-state index in [0.29, 0.717) is 0 Å². The average molecular weight is 185 g/mol. The van der Waals surface area contributed by atoms with Crippen LogP contribution in [-0.4, -0.2) is 0 Å². The molecule has 0 aromatic heterocycles. The van der Waals surface area contributed by atoms with Gasteiger partial charge in [0, 0.05) is 0 Å². The molecule has 0 unspecified atom stereocenters. The zero-order valence-corrected chi connectivity index (χ0v) is 6.25. The quantitative estimate of drug-likeness (QED) is 0.600. The molecule has 2 nitrogen and oxygen atoms in total. The molecular weight excluding hydrogens is 180 g/mol. The zero-order chi connectivity index (χ0) is 6.53. The summed E-state index contributed by atoms with van der Waals surface area (Å²) in [5, 5.41) is 3.75. The first kappa shape index (κ1) is 6.42. The van der Waals surface area contributed by atoms with Crippen LogP contribution < -0.4 is 0 Å². The van der Waals surface area contributed by atoms with E-state index in [9.17, 15) is 0 Å². The molecule has 3 heteroatoms. The molecule has 0 aliphatic carbocycles. The minimum atomic E-state index is 0.856. The van der Waals surface area contributed by atoms with Gasteiger partial charge in [-0.2, -0.15) is 0 Å². The van der Waals surface area contributed by atoms with Crippen molar-refractivity contribution < 1.29 is 0 Å². The Balaban J connectivity index is 2.85. The number of benzene rings is 1. The van der Waals surface area contributed by atoms with Crippen molar-refractivity contribution in [3.05, 3.63) is 30.3 Å². The highest BCUT2D eigenvalue weighted by atomic mass is 79.9. The van der Waals surface area contributed by atoms with Gasteiger partial charge in [-0.15, -0.1) is 9.25 Å². The lowest BCUT2D eigenvalue weighted by molar-refractivity contribution is 1.35. The molecule has 0 N–H and O–H groups in total. The van der Waals surface area contributed by atoms with Crippen LogP contribution >= 0.6 is 16.1 Å². The van der Waals surface area contributed by atoms with Gasteiger partial charge in [-0.25, -0.2) is 0 Å². The van der Waals surface area contributed by atoms with Crippen LogP contribution in [0.1, 0.15) is 0 Å². The molecule has 0 heterocycles. The summed E-state index contributed by atoms with van der Waals surface area (Å²) < 4.78 is 3.44. The first-order valence-corrected chi connectivity index (χ1v) is 3.21.